The summed E-state index contributed by atoms with van der Waals surface area (Å²) in [6, 6.07) is 2.04. The molecule has 1 aromatic rings. The Morgan fingerprint density at radius 3 is 2.60 bits per heavy atom. The van der Waals surface area contributed by atoms with E-state index in [1.807, 2.05) is 6.07 Å². The van der Waals surface area contributed by atoms with Crippen LogP contribution >= 0.6 is 0 Å². The summed E-state index contributed by atoms with van der Waals surface area (Å²) in [7, 11) is -3.10. The van der Waals surface area contributed by atoms with Crippen molar-refractivity contribution in [2.45, 2.75) is 38.6 Å². The van der Waals surface area contributed by atoms with Gasteiger partial charge in [0.25, 0.3) is 0 Å². The van der Waals surface area contributed by atoms with E-state index >= 15 is 0 Å². The monoisotopic (exact) mass is 298 g/mol. The van der Waals surface area contributed by atoms with Gasteiger partial charge in [0.15, 0.2) is 0 Å². The van der Waals surface area contributed by atoms with Crippen LogP contribution in [0.2, 0.25) is 0 Å². The minimum Gasteiger partial charge on any atom is -0.366 e. The van der Waals surface area contributed by atoms with Gasteiger partial charge >= 0.3 is 0 Å². The van der Waals surface area contributed by atoms with Crippen molar-refractivity contribution in [2.75, 3.05) is 24.7 Å². The van der Waals surface area contributed by atoms with Gasteiger partial charge < -0.3 is 5.32 Å². The first kappa shape index (κ1) is 15.2. The van der Waals surface area contributed by atoms with Gasteiger partial charge in [0.2, 0.25) is 10.0 Å². The van der Waals surface area contributed by atoms with Crippen molar-refractivity contribution in [3.63, 3.8) is 0 Å². The van der Waals surface area contributed by atoms with Crippen molar-refractivity contribution < 1.29 is 8.42 Å². The summed E-state index contributed by atoms with van der Waals surface area (Å²) in [6.07, 6.45) is 3.59. The van der Waals surface area contributed by atoms with E-state index in [9.17, 15) is 8.42 Å². The van der Waals surface area contributed by atoms with E-state index in [1.165, 1.54) is 10.6 Å². The molecule has 112 valence electrons. The number of rotatable bonds is 3. The molecule has 6 nitrogen and oxygen atoms in total. The summed E-state index contributed by atoms with van der Waals surface area (Å²) >= 11 is 0. The Kier molecular flexibility index (Phi) is 4.02. The summed E-state index contributed by atoms with van der Waals surface area (Å²) in [5, 5.41) is 3.30. The summed E-state index contributed by atoms with van der Waals surface area (Å²) in [4.78, 5) is 8.50. The van der Waals surface area contributed by atoms with E-state index < -0.39 is 10.0 Å². The van der Waals surface area contributed by atoms with Gasteiger partial charge in [-0.25, -0.2) is 22.7 Å². The van der Waals surface area contributed by atoms with E-state index in [1.54, 1.807) is 6.33 Å². The van der Waals surface area contributed by atoms with Crippen LogP contribution in [0.3, 0.4) is 0 Å². The van der Waals surface area contributed by atoms with Gasteiger partial charge in [-0.15, -0.1) is 0 Å². The average molecular weight is 298 g/mol. The smallest absolute Gasteiger partial charge is 0.211 e. The Bertz CT molecular complexity index is 580. The topological polar surface area (TPSA) is 75.2 Å². The van der Waals surface area contributed by atoms with Crippen LogP contribution in [-0.2, 0) is 15.4 Å². The van der Waals surface area contributed by atoms with Gasteiger partial charge in [0.05, 0.1) is 11.9 Å². The van der Waals surface area contributed by atoms with Gasteiger partial charge in [-0.05, 0) is 6.42 Å². The van der Waals surface area contributed by atoms with Crippen molar-refractivity contribution in [1.82, 2.24) is 14.3 Å². The summed E-state index contributed by atoms with van der Waals surface area (Å²) in [5.74, 6) is 0.755. The minimum absolute atomic E-state index is 0.0339. The van der Waals surface area contributed by atoms with Crippen LogP contribution in [0.4, 0.5) is 5.82 Å². The molecule has 1 aliphatic heterocycles. The molecule has 0 aliphatic carbocycles. The molecule has 0 bridgehead atoms. The van der Waals surface area contributed by atoms with Crippen LogP contribution < -0.4 is 5.32 Å². The predicted molar refractivity (Wildman–Crippen MR) is 79.2 cm³/mol. The third-order valence-electron chi connectivity index (χ3n) is 3.41. The standard InChI is InChI=1S/C13H22N4O2S/c1-13(2,3)11-7-12(15-9-14-11)16-10-5-6-17(8-10)20(4,18)19/h7,9-10H,5-6,8H2,1-4H3,(H,14,15,16). The molecule has 0 amide bonds. The van der Waals surface area contributed by atoms with Gasteiger partial charge in [0.1, 0.15) is 12.1 Å². The number of sulfonamides is 1. The molecule has 1 unspecified atom stereocenters. The highest BCUT2D eigenvalue weighted by molar-refractivity contribution is 7.88. The van der Waals surface area contributed by atoms with Crippen molar-refractivity contribution in [3.05, 3.63) is 18.1 Å². The van der Waals surface area contributed by atoms with Crippen LogP contribution in [0.25, 0.3) is 0 Å². The van der Waals surface area contributed by atoms with Crippen molar-refractivity contribution in [3.8, 4) is 0 Å². The maximum atomic E-state index is 11.5. The van der Waals surface area contributed by atoms with Crippen molar-refractivity contribution in [2.24, 2.45) is 0 Å². The Labute approximate surface area is 120 Å². The molecule has 1 saturated heterocycles. The lowest BCUT2D eigenvalue weighted by Gasteiger charge is -2.19. The van der Waals surface area contributed by atoms with Gasteiger partial charge in [-0.3, -0.25) is 0 Å². The second kappa shape index (κ2) is 5.29. The minimum atomic E-state index is -3.10. The molecule has 20 heavy (non-hydrogen) atoms. The molecule has 1 aliphatic rings. The molecule has 0 saturated carbocycles. The van der Waals surface area contributed by atoms with Crippen LogP contribution in [-0.4, -0.2) is 48.1 Å². The molecule has 2 heterocycles. The zero-order valence-corrected chi connectivity index (χ0v) is 13.2. The normalized spacial score (nSPS) is 21.1. The van der Waals surface area contributed by atoms with Crippen molar-refractivity contribution >= 4 is 15.8 Å². The third-order valence-corrected chi connectivity index (χ3v) is 4.68. The maximum absolute atomic E-state index is 11.5. The summed E-state index contributed by atoms with van der Waals surface area (Å²) in [6.45, 7) is 7.35. The lowest BCUT2D eigenvalue weighted by Crippen LogP contribution is -2.30. The Balaban J connectivity index is 2.05. The fourth-order valence-electron chi connectivity index (χ4n) is 2.20. The van der Waals surface area contributed by atoms with Gasteiger partial charge in [-0.1, -0.05) is 20.8 Å². The average Bonchev–Trinajstić information content (AvgIpc) is 2.76. The highest BCUT2D eigenvalue weighted by Gasteiger charge is 2.28. The lowest BCUT2D eigenvalue weighted by molar-refractivity contribution is 0.480. The van der Waals surface area contributed by atoms with E-state index in [0.717, 1.165) is 17.9 Å². The number of anilines is 1. The number of nitrogens with one attached hydrogen (secondary N) is 1. The quantitative estimate of drug-likeness (QED) is 0.908. The van der Waals surface area contributed by atoms with Crippen LogP contribution in [0.5, 0.6) is 0 Å². The Morgan fingerprint density at radius 1 is 1.35 bits per heavy atom. The lowest BCUT2D eigenvalue weighted by atomic mass is 9.92. The fraction of sp³-hybridized carbons (Fsp3) is 0.692. The first-order valence-corrected chi connectivity index (χ1v) is 8.55. The van der Waals surface area contributed by atoms with E-state index in [2.05, 4.69) is 36.1 Å². The van der Waals surface area contributed by atoms with Gasteiger partial charge in [0, 0.05) is 30.6 Å². The summed E-state index contributed by atoms with van der Waals surface area (Å²) in [5.41, 5.74) is 0.932. The van der Waals surface area contributed by atoms with Gasteiger partial charge in [-0.2, -0.15) is 0 Å². The zero-order valence-electron chi connectivity index (χ0n) is 12.4. The largest absolute Gasteiger partial charge is 0.366 e. The second-order valence-corrected chi connectivity index (χ2v) is 8.27. The molecular formula is C13H22N4O2S. The first-order valence-electron chi connectivity index (χ1n) is 6.70. The molecule has 2 rings (SSSR count). The fourth-order valence-corrected chi connectivity index (χ4v) is 3.09. The highest BCUT2D eigenvalue weighted by Crippen LogP contribution is 2.22. The zero-order chi connectivity index (χ0) is 15.0. The highest BCUT2D eigenvalue weighted by atomic mass is 32.2. The SMILES string of the molecule is CC(C)(C)c1cc(NC2CCN(S(C)(=O)=O)C2)ncn1. The van der Waals surface area contributed by atoms with Crippen LogP contribution in [0.1, 0.15) is 32.9 Å². The maximum Gasteiger partial charge on any atom is 0.211 e. The predicted octanol–water partition coefficient (Wildman–Crippen LogP) is 1.22. The van der Waals surface area contributed by atoms with Crippen LogP contribution in [0.15, 0.2) is 12.4 Å². The molecule has 1 fully saturated rings. The Morgan fingerprint density at radius 2 is 2.05 bits per heavy atom. The molecule has 1 atom stereocenters. The first-order chi connectivity index (χ1) is 9.16. The summed E-state index contributed by atoms with van der Waals surface area (Å²) < 4.78 is 24.5. The van der Waals surface area contributed by atoms with E-state index in [-0.39, 0.29) is 11.5 Å². The number of hydrogen-bond donors (Lipinski definition) is 1. The third kappa shape index (κ3) is 3.67. The Hall–Kier alpha value is -1.21. The molecule has 1 aromatic heterocycles. The van der Waals surface area contributed by atoms with E-state index in [4.69, 9.17) is 0 Å². The molecule has 1 N–H and O–H groups in total. The molecule has 7 heteroatoms. The molecule has 0 aromatic carbocycles. The number of nitrogens with zero attached hydrogens (tertiary/aromatic N) is 3. The van der Waals surface area contributed by atoms with Crippen LogP contribution in [0, 0.1) is 0 Å². The van der Waals surface area contributed by atoms with Crippen molar-refractivity contribution in [1.29, 1.82) is 0 Å². The molecule has 0 spiro atoms. The van der Waals surface area contributed by atoms with E-state index in [0.29, 0.717) is 13.1 Å². The number of aromatic nitrogens is 2. The molecular weight excluding hydrogens is 276 g/mol. The second-order valence-electron chi connectivity index (χ2n) is 6.29. The number of hydrogen-bond acceptors (Lipinski definition) is 5. The molecule has 0 radical (unpaired) electrons.